The summed E-state index contributed by atoms with van der Waals surface area (Å²) in [7, 11) is 0. The van der Waals surface area contributed by atoms with Gasteiger partial charge in [-0.25, -0.2) is 4.79 Å². The number of rotatable bonds is 7. The molecule has 4 heterocycles. The van der Waals surface area contributed by atoms with E-state index in [0.29, 0.717) is 31.0 Å². The summed E-state index contributed by atoms with van der Waals surface area (Å²) in [4.78, 5) is 49.5. The van der Waals surface area contributed by atoms with E-state index in [2.05, 4.69) is 22.1 Å². The van der Waals surface area contributed by atoms with Gasteiger partial charge in [0, 0.05) is 45.8 Å². The lowest BCUT2D eigenvalue weighted by Crippen LogP contribution is -2.44. The van der Waals surface area contributed by atoms with Crippen LogP contribution in [0.5, 0.6) is 0 Å². The molecule has 0 radical (unpaired) electrons. The summed E-state index contributed by atoms with van der Waals surface area (Å²) in [6.07, 6.45) is 2.45. The van der Waals surface area contributed by atoms with E-state index in [1.165, 1.54) is 9.13 Å². The van der Waals surface area contributed by atoms with Gasteiger partial charge >= 0.3 is 5.69 Å². The highest BCUT2D eigenvalue weighted by atomic mass is 16.2. The fraction of sp³-hybridized carbons (Fsp3) is 0.481. The molecular formula is C27H33N7O3. The Morgan fingerprint density at radius 1 is 1.00 bits per heavy atom. The number of nitrogens with one attached hydrogen (secondary N) is 1. The number of carbonyl (C=O) groups is 1. The van der Waals surface area contributed by atoms with Crippen molar-refractivity contribution < 1.29 is 4.79 Å². The van der Waals surface area contributed by atoms with E-state index in [-0.39, 0.29) is 31.2 Å². The Kier molecular flexibility index (Phi) is 7.42. The second kappa shape index (κ2) is 11.0. The van der Waals surface area contributed by atoms with Crippen molar-refractivity contribution in [2.24, 2.45) is 0 Å². The van der Waals surface area contributed by atoms with Crippen molar-refractivity contribution in [1.82, 2.24) is 28.9 Å². The summed E-state index contributed by atoms with van der Waals surface area (Å²) in [5.74, 6) is 6.46. The molecule has 0 aliphatic carbocycles. The Morgan fingerprint density at radius 3 is 2.43 bits per heavy atom. The molecule has 3 aromatic rings. The van der Waals surface area contributed by atoms with Crippen molar-refractivity contribution in [1.29, 1.82) is 0 Å². The highest BCUT2D eigenvalue weighted by Gasteiger charge is 2.27. The number of aryl methyl sites for hydroxylation is 1. The molecule has 2 fully saturated rings. The van der Waals surface area contributed by atoms with Crippen LogP contribution in [0, 0.1) is 11.8 Å². The van der Waals surface area contributed by atoms with Crippen LogP contribution in [0.3, 0.4) is 0 Å². The monoisotopic (exact) mass is 503 g/mol. The molecule has 10 heteroatoms. The molecule has 1 aromatic carbocycles. The Balaban J connectivity index is 1.66. The van der Waals surface area contributed by atoms with Crippen molar-refractivity contribution in [2.45, 2.75) is 45.8 Å². The lowest BCUT2D eigenvalue weighted by Gasteiger charge is -2.28. The zero-order valence-corrected chi connectivity index (χ0v) is 21.3. The van der Waals surface area contributed by atoms with Gasteiger partial charge in [-0.05, 0) is 31.7 Å². The first-order chi connectivity index (χ1) is 18.1. The van der Waals surface area contributed by atoms with Crippen molar-refractivity contribution in [2.75, 3.05) is 44.2 Å². The minimum absolute atomic E-state index is 0.124. The Labute approximate surface area is 215 Å². The topological polar surface area (TPSA) is 97.4 Å². The molecular weight excluding hydrogens is 470 g/mol. The van der Waals surface area contributed by atoms with Crippen LogP contribution in [0.2, 0.25) is 0 Å². The first kappa shape index (κ1) is 24.8. The maximum absolute atomic E-state index is 13.9. The number of imidazole rings is 1. The maximum Gasteiger partial charge on any atom is 0.333 e. The van der Waals surface area contributed by atoms with E-state index >= 15 is 0 Å². The van der Waals surface area contributed by atoms with Gasteiger partial charge in [0.15, 0.2) is 11.2 Å². The van der Waals surface area contributed by atoms with Crippen LogP contribution in [0.4, 0.5) is 5.95 Å². The third kappa shape index (κ3) is 5.04. The molecule has 2 aliphatic rings. The molecule has 5 rings (SSSR count). The van der Waals surface area contributed by atoms with Crippen LogP contribution in [-0.4, -0.2) is 68.8 Å². The largest absolute Gasteiger partial charge is 0.341 e. The summed E-state index contributed by atoms with van der Waals surface area (Å²) in [6.45, 7) is 6.53. The minimum atomic E-state index is -0.501. The molecule has 2 aromatic heterocycles. The lowest BCUT2D eigenvalue weighted by atomic mass is 10.1. The second-order valence-electron chi connectivity index (χ2n) is 9.48. The van der Waals surface area contributed by atoms with Crippen molar-refractivity contribution >= 4 is 23.0 Å². The number of nitrogens with zero attached hydrogens (tertiary/aromatic N) is 6. The average molecular weight is 504 g/mol. The molecule has 0 atom stereocenters. The van der Waals surface area contributed by atoms with E-state index in [0.717, 1.165) is 44.6 Å². The lowest BCUT2D eigenvalue weighted by molar-refractivity contribution is -0.130. The van der Waals surface area contributed by atoms with E-state index in [1.54, 1.807) is 11.8 Å². The Morgan fingerprint density at radius 2 is 1.73 bits per heavy atom. The van der Waals surface area contributed by atoms with Crippen LogP contribution in [0.1, 0.15) is 25.3 Å². The second-order valence-corrected chi connectivity index (χ2v) is 9.48. The summed E-state index contributed by atoms with van der Waals surface area (Å²) < 4.78 is 4.46. The molecule has 2 saturated heterocycles. The van der Waals surface area contributed by atoms with E-state index in [9.17, 15) is 14.4 Å². The van der Waals surface area contributed by atoms with Crippen molar-refractivity contribution in [3.63, 3.8) is 0 Å². The number of amides is 1. The first-order valence-electron chi connectivity index (χ1n) is 13.0. The van der Waals surface area contributed by atoms with Gasteiger partial charge in [0.2, 0.25) is 11.9 Å². The van der Waals surface area contributed by atoms with Crippen LogP contribution in [0.15, 0.2) is 39.9 Å². The Hall–Kier alpha value is -3.84. The molecule has 0 saturated carbocycles. The van der Waals surface area contributed by atoms with Gasteiger partial charge in [0.25, 0.3) is 5.56 Å². The number of hydrogen-bond acceptors (Lipinski definition) is 6. The SMILES string of the molecule is CC#CCn1c(N2CCNCC2)nc2c1c(=O)n(CCc1ccccc1)c(=O)n2CC(=O)N1CCCC1. The van der Waals surface area contributed by atoms with Crippen LogP contribution in [0.25, 0.3) is 11.2 Å². The summed E-state index contributed by atoms with van der Waals surface area (Å²) in [6, 6.07) is 9.76. The molecule has 37 heavy (non-hydrogen) atoms. The number of carbonyl (C=O) groups excluding carboxylic acids is 1. The van der Waals surface area contributed by atoms with Crippen LogP contribution in [-0.2, 0) is 30.8 Å². The Bertz CT molecular complexity index is 1450. The normalized spacial score (nSPS) is 15.7. The summed E-state index contributed by atoms with van der Waals surface area (Å²) >= 11 is 0. The zero-order chi connectivity index (χ0) is 25.8. The van der Waals surface area contributed by atoms with E-state index in [4.69, 9.17) is 4.98 Å². The smallest absolute Gasteiger partial charge is 0.333 e. The maximum atomic E-state index is 13.9. The number of anilines is 1. The van der Waals surface area contributed by atoms with Crippen LogP contribution >= 0.6 is 0 Å². The van der Waals surface area contributed by atoms with E-state index in [1.807, 2.05) is 34.9 Å². The van der Waals surface area contributed by atoms with Gasteiger partial charge in [-0.15, -0.1) is 5.92 Å². The quantitative estimate of drug-likeness (QED) is 0.476. The van der Waals surface area contributed by atoms with Gasteiger partial charge in [0.1, 0.15) is 6.54 Å². The van der Waals surface area contributed by atoms with Gasteiger partial charge in [-0.1, -0.05) is 36.3 Å². The fourth-order valence-corrected chi connectivity index (χ4v) is 5.12. The third-order valence-corrected chi connectivity index (χ3v) is 7.13. The number of aromatic nitrogens is 4. The number of fused-ring (bicyclic) bond motifs is 1. The van der Waals surface area contributed by atoms with Gasteiger partial charge in [-0.3, -0.25) is 23.3 Å². The third-order valence-electron chi connectivity index (χ3n) is 7.13. The predicted octanol–water partition coefficient (Wildman–Crippen LogP) is 0.658. The van der Waals surface area contributed by atoms with Crippen LogP contribution < -0.4 is 21.5 Å². The molecule has 194 valence electrons. The van der Waals surface area contributed by atoms with E-state index < -0.39 is 11.2 Å². The molecule has 1 N–H and O–H groups in total. The molecule has 1 amide bonds. The van der Waals surface area contributed by atoms with Crippen molar-refractivity contribution in [3.05, 3.63) is 56.7 Å². The van der Waals surface area contributed by atoms with Crippen molar-refractivity contribution in [3.8, 4) is 11.8 Å². The molecule has 0 bridgehead atoms. The number of piperazine rings is 1. The highest BCUT2D eigenvalue weighted by molar-refractivity contribution is 5.80. The number of benzene rings is 1. The van der Waals surface area contributed by atoms with Gasteiger partial charge in [-0.2, -0.15) is 4.98 Å². The van der Waals surface area contributed by atoms with Gasteiger partial charge < -0.3 is 15.1 Å². The standard InChI is InChI=1S/C27H33N7O3/c1-2-3-16-32-23-24(29-26(32)31-18-12-28-13-19-31)34(20-22(35)30-14-7-8-15-30)27(37)33(25(23)36)17-11-21-9-5-4-6-10-21/h4-6,9-10,28H,7-8,11-20H2,1H3. The summed E-state index contributed by atoms with van der Waals surface area (Å²) in [5.41, 5.74) is 0.704. The summed E-state index contributed by atoms with van der Waals surface area (Å²) in [5, 5.41) is 3.33. The number of hydrogen-bond donors (Lipinski definition) is 1. The highest BCUT2D eigenvalue weighted by Crippen LogP contribution is 2.21. The zero-order valence-electron chi connectivity index (χ0n) is 21.3. The molecule has 0 unspecified atom stereocenters. The first-order valence-corrected chi connectivity index (χ1v) is 13.0. The molecule has 10 nitrogen and oxygen atoms in total. The molecule has 2 aliphatic heterocycles. The average Bonchev–Trinajstić information content (AvgIpc) is 3.60. The minimum Gasteiger partial charge on any atom is -0.341 e. The number of likely N-dealkylation sites (tertiary alicyclic amines) is 1. The fourth-order valence-electron chi connectivity index (χ4n) is 5.12. The predicted molar refractivity (Wildman–Crippen MR) is 143 cm³/mol. The van der Waals surface area contributed by atoms with Gasteiger partial charge in [0.05, 0.1) is 6.54 Å². The molecule has 0 spiro atoms.